The molecule has 0 aliphatic rings. The maximum absolute atomic E-state index is 5.76. The molecule has 0 aliphatic heterocycles. The first-order chi connectivity index (χ1) is 5.65. The Kier molecular flexibility index (Phi) is 3.50. The fourth-order valence-corrected chi connectivity index (χ4v) is 1.64. The van der Waals surface area contributed by atoms with Gasteiger partial charge in [0.2, 0.25) is 0 Å². The van der Waals surface area contributed by atoms with Crippen LogP contribution in [0.15, 0.2) is 16.7 Å². The molecule has 1 unspecified atom stereocenters. The highest BCUT2D eigenvalue weighted by molar-refractivity contribution is 9.10. The van der Waals surface area contributed by atoms with Crippen LogP contribution in [-0.2, 0) is 0 Å². The molecule has 2 nitrogen and oxygen atoms in total. The van der Waals surface area contributed by atoms with E-state index in [1.54, 1.807) is 6.20 Å². The average molecular weight is 250 g/mol. The molecule has 0 aromatic carbocycles. The van der Waals surface area contributed by atoms with Crippen molar-refractivity contribution in [2.45, 2.75) is 13.0 Å². The second kappa shape index (κ2) is 4.21. The summed E-state index contributed by atoms with van der Waals surface area (Å²) in [7, 11) is 1.91. The van der Waals surface area contributed by atoms with Gasteiger partial charge in [-0.1, -0.05) is 11.6 Å². The molecular formula is C8H10BrClN2. The molecule has 4 heteroatoms. The molecule has 0 bridgehead atoms. The first-order valence-electron chi connectivity index (χ1n) is 3.63. The van der Waals surface area contributed by atoms with Gasteiger partial charge in [-0.15, -0.1) is 0 Å². The van der Waals surface area contributed by atoms with Gasteiger partial charge in [0, 0.05) is 16.7 Å². The van der Waals surface area contributed by atoms with Gasteiger partial charge >= 0.3 is 0 Å². The lowest BCUT2D eigenvalue weighted by Crippen LogP contribution is -2.12. The highest BCUT2D eigenvalue weighted by Gasteiger charge is 2.07. The van der Waals surface area contributed by atoms with Gasteiger partial charge in [0.15, 0.2) is 0 Å². The summed E-state index contributed by atoms with van der Waals surface area (Å²) in [6.45, 7) is 2.07. The molecule has 0 amide bonds. The minimum atomic E-state index is 0.278. The standard InChI is InChI=1S/C8H10BrClN2/c1-5(11-2)6-3-8(10)12-4-7(6)9/h3-5,11H,1-2H3. The van der Waals surface area contributed by atoms with Crippen molar-refractivity contribution in [3.63, 3.8) is 0 Å². The van der Waals surface area contributed by atoms with Crippen LogP contribution in [0, 0.1) is 0 Å². The van der Waals surface area contributed by atoms with E-state index in [2.05, 4.69) is 33.2 Å². The summed E-state index contributed by atoms with van der Waals surface area (Å²) in [6, 6.07) is 2.13. The van der Waals surface area contributed by atoms with Gasteiger partial charge in [-0.25, -0.2) is 4.98 Å². The van der Waals surface area contributed by atoms with Crippen LogP contribution in [0.5, 0.6) is 0 Å². The van der Waals surface area contributed by atoms with Gasteiger partial charge in [0.05, 0.1) is 0 Å². The van der Waals surface area contributed by atoms with E-state index in [0.717, 1.165) is 10.0 Å². The average Bonchev–Trinajstić information content (AvgIpc) is 2.08. The van der Waals surface area contributed by atoms with Crippen LogP contribution in [0.25, 0.3) is 0 Å². The van der Waals surface area contributed by atoms with E-state index in [0.29, 0.717) is 5.15 Å². The van der Waals surface area contributed by atoms with E-state index in [1.807, 2.05) is 13.1 Å². The fourth-order valence-electron chi connectivity index (χ4n) is 0.915. The van der Waals surface area contributed by atoms with E-state index >= 15 is 0 Å². The zero-order chi connectivity index (χ0) is 9.14. The summed E-state index contributed by atoms with van der Waals surface area (Å²) >= 11 is 9.17. The SMILES string of the molecule is CNC(C)c1cc(Cl)ncc1Br. The Morgan fingerprint density at radius 1 is 1.67 bits per heavy atom. The summed E-state index contributed by atoms with van der Waals surface area (Å²) in [4.78, 5) is 3.95. The fraction of sp³-hybridized carbons (Fsp3) is 0.375. The molecule has 1 aromatic rings. The lowest BCUT2D eigenvalue weighted by molar-refractivity contribution is 0.648. The number of halogens is 2. The topological polar surface area (TPSA) is 24.9 Å². The second-order valence-corrected chi connectivity index (χ2v) is 3.78. The second-order valence-electron chi connectivity index (χ2n) is 2.54. The van der Waals surface area contributed by atoms with Crippen molar-refractivity contribution in [3.8, 4) is 0 Å². The van der Waals surface area contributed by atoms with E-state index in [1.165, 1.54) is 0 Å². The Balaban J connectivity index is 3.04. The third-order valence-electron chi connectivity index (χ3n) is 1.75. The van der Waals surface area contributed by atoms with E-state index < -0.39 is 0 Å². The van der Waals surface area contributed by atoms with Crippen molar-refractivity contribution >= 4 is 27.5 Å². The highest BCUT2D eigenvalue weighted by atomic mass is 79.9. The van der Waals surface area contributed by atoms with Crippen molar-refractivity contribution in [1.82, 2.24) is 10.3 Å². The molecule has 0 spiro atoms. The van der Waals surface area contributed by atoms with Gasteiger partial charge in [-0.05, 0) is 41.5 Å². The van der Waals surface area contributed by atoms with Gasteiger partial charge in [-0.2, -0.15) is 0 Å². The number of aromatic nitrogens is 1. The summed E-state index contributed by atoms with van der Waals surface area (Å²) in [5, 5.41) is 3.66. The number of pyridine rings is 1. The van der Waals surface area contributed by atoms with Gasteiger partial charge in [0.25, 0.3) is 0 Å². The Morgan fingerprint density at radius 2 is 2.33 bits per heavy atom. The predicted octanol–water partition coefficient (Wildman–Crippen LogP) is 2.78. The van der Waals surface area contributed by atoms with Crippen LogP contribution in [-0.4, -0.2) is 12.0 Å². The monoisotopic (exact) mass is 248 g/mol. The molecule has 1 aromatic heterocycles. The number of hydrogen-bond donors (Lipinski definition) is 1. The molecular weight excluding hydrogens is 239 g/mol. The highest BCUT2D eigenvalue weighted by Crippen LogP contribution is 2.24. The molecule has 0 fully saturated rings. The molecule has 1 atom stereocenters. The van der Waals surface area contributed by atoms with Crippen LogP contribution in [0.3, 0.4) is 0 Å². The summed E-state index contributed by atoms with van der Waals surface area (Å²) in [6.07, 6.45) is 1.71. The Bertz CT molecular complexity index is 278. The van der Waals surface area contributed by atoms with E-state index in [-0.39, 0.29) is 6.04 Å². The molecule has 1 heterocycles. The van der Waals surface area contributed by atoms with Crippen molar-refractivity contribution in [2.75, 3.05) is 7.05 Å². The zero-order valence-corrected chi connectivity index (χ0v) is 9.28. The smallest absolute Gasteiger partial charge is 0.129 e. The van der Waals surface area contributed by atoms with Crippen molar-refractivity contribution < 1.29 is 0 Å². The predicted molar refractivity (Wildman–Crippen MR) is 54.4 cm³/mol. The Hall–Kier alpha value is -0.120. The number of nitrogens with zero attached hydrogens (tertiary/aromatic N) is 1. The molecule has 0 saturated carbocycles. The van der Waals surface area contributed by atoms with E-state index in [9.17, 15) is 0 Å². The number of nitrogens with one attached hydrogen (secondary N) is 1. The largest absolute Gasteiger partial charge is 0.313 e. The Morgan fingerprint density at radius 3 is 2.92 bits per heavy atom. The lowest BCUT2D eigenvalue weighted by atomic mass is 10.1. The van der Waals surface area contributed by atoms with Crippen LogP contribution in [0.2, 0.25) is 5.15 Å². The Labute approximate surface area is 85.5 Å². The van der Waals surface area contributed by atoms with Gasteiger partial charge in [0.1, 0.15) is 5.15 Å². The third-order valence-corrected chi connectivity index (χ3v) is 2.62. The summed E-state index contributed by atoms with van der Waals surface area (Å²) in [5.41, 5.74) is 1.12. The zero-order valence-electron chi connectivity index (χ0n) is 6.94. The number of hydrogen-bond acceptors (Lipinski definition) is 2. The van der Waals surface area contributed by atoms with Crippen molar-refractivity contribution in [2.24, 2.45) is 0 Å². The minimum Gasteiger partial charge on any atom is -0.313 e. The molecule has 12 heavy (non-hydrogen) atoms. The first-order valence-corrected chi connectivity index (χ1v) is 4.80. The molecule has 1 rings (SSSR count). The number of rotatable bonds is 2. The minimum absolute atomic E-state index is 0.278. The molecule has 0 radical (unpaired) electrons. The van der Waals surface area contributed by atoms with Crippen LogP contribution in [0.4, 0.5) is 0 Å². The van der Waals surface area contributed by atoms with E-state index in [4.69, 9.17) is 11.6 Å². The molecule has 0 saturated heterocycles. The molecule has 66 valence electrons. The van der Waals surface area contributed by atoms with Crippen LogP contribution in [0.1, 0.15) is 18.5 Å². The summed E-state index contributed by atoms with van der Waals surface area (Å²) < 4.78 is 0.980. The third kappa shape index (κ3) is 2.19. The van der Waals surface area contributed by atoms with Crippen molar-refractivity contribution in [3.05, 3.63) is 27.5 Å². The van der Waals surface area contributed by atoms with Crippen LogP contribution >= 0.6 is 27.5 Å². The maximum atomic E-state index is 5.76. The lowest BCUT2D eigenvalue weighted by Gasteiger charge is -2.12. The summed E-state index contributed by atoms with van der Waals surface area (Å²) in [5.74, 6) is 0. The van der Waals surface area contributed by atoms with Gasteiger partial charge < -0.3 is 5.32 Å². The maximum Gasteiger partial charge on any atom is 0.129 e. The molecule has 1 N–H and O–H groups in total. The van der Waals surface area contributed by atoms with Crippen molar-refractivity contribution in [1.29, 1.82) is 0 Å². The van der Waals surface area contributed by atoms with Crippen LogP contribution < -0.4 is 5.32 Å². The normalized spacial score (nSPS) is 13.0. The first kappa shape index (κ1) is 9.96. The quantitative estimate of drug-likeness (QED) is 0.815. The molecule has 0 aliphatic carbocycles. The van der Waals surface area contributed by atoms with Gasteiger partial charge in [-0.3, -0.25) is 0 Å².